The topological polar surface area (TPSA) is 38.3 Å². The molecule has 19 heavy (non-hydrogen) atoms. The minimum absolute atomic E-state index is 0.0372. The minimum atomic E-state index is -0.346. The van der Waals surface area contributed by atoms with Crippen molar-refractivity contribution in [2.75, 3.05) is 6.61 Å². The maximum Gasteiger partial charge on any atom is 0.407 e. The number of nitrogens with one attached hydrogen (secondary N) is 1. The number of cyclic esters (lactones) is 1. The van der Waals surface area contributed by atoms with E-state index >= 15 is 0 Å². The smallest absolute Gasteiger partial charge is 0.407 e. The fourth-order valence-electron chi connectivity index (χ4n) is 2.50. The highest BCUT2D eigenvalue weighted by atomic mass is 16.6. The Kier molecular flexibility index (Phi) is 3.19. The van der Waals surface area contributed by atoms with Gasteiger partial charge in [-0.15, -0.1) is 0 Å². The first kappa shape index (κ1) is 11.8. The van der Waals surface area contributed by atoms with Crippen LogP contribution in [0.15, 0.2) is 60.7 Å². The third-order valence-corrected chi connectivity index (χ3v) is 3.46. The summed E-state index contributed by atoms with van der Waals surface area (Å²) in [6.45, 7) is 0.412. The van der Waals surface area contributed by atoms with Crippen molar-refractivity contribution in [3.05, 3.63) is 71.8 Å². The van der Waals surface area contributed by atoms with E-state index in [1.165, 1.54) is 5.56 Å². The van der Waals surface area contributed by atoms with E-state index in [1.807, 2.05) is 48.5 Å². The van der Waals surface area contributed by atoms with E-state index in [-0.39, 0.29) is 18.1 Å². The van der Waals surface area contributed by atoms with Crippen molar-refractivity contribution < 1.29 is 9.53 Å². The summed E-state index contributed by atoms with van der Waals surface area (Å²) in [5, 5.41) is 2.92. The number of carbonyl (C=O) groups is 1. The standard InChI is InChI=1S/C16H15NO2/c18-16-17-15(13-9-5-2-6-10-13)14(11-19-16)12-7-3-1-4-8-12/h1-10,14-15H,11H2,(H,17,18)/t14-,15-/m0/s1. The molecule has 1 aliphatic rings. The van der Waals surface area contributed by atoms with Gasteiger partial charge in [0, 0.05) is 5.92 Å². The van der Waals surface area contributed by atoms with Gasteiger partial charge < -0.3 is 10.1 Å². The van der Waals surface area contributed by atoms with E-state index in [0.29, 0.717) is 6.61 Å². The second-order valence-corrected chi connectivity index (χ2v) is 4.65. The molecule has 0 aliphatic carbocycles. The number of amides is 1. The predicted molar refractivity (Wildman–Crippen MR) is 72.8 cm³/mol. The maximum atomic E-state index is 11.5. The predicted octanol–water partition coefficient (Wildman–Crippen LogP) is 3.25. The summed E-state index contributed by atoms with van der Waals surface area (Å²) in [5.74, 6) is 0.140. The number of alkyl carbamates (subject to hydrolysis) is 1. The lowest BCUT2D eigenvalue weighted by Gasteiger charge is -2.32. The Bertz CT molecular complexity index is 553. The summed E-state index contributed by atoms with van der Waals surface area (Å²) in [6.07, 6.45) is -0.346. The van der Waals surface area contributed by atoms with Crippen LogP contribution in [0.25, 0.3) is 0 Å². The Morgan fingerprint density at radius 3 is 2.11 bits per heavy atom. The van der Waals surface area contributed by atoms with Crippen molar-refractivity contribution in [2.24, 2.45) is 0 Å². The fraction of sp³-hybridized carbons (Fsp3) is 0.188. The van der Waals surface area contributed by atoms with Gasteiger partial charge in [0.1, 0.15) is 6.61 Å². The maximum absolute atomic E-state index is 11.5. The second-order valence-electron chi connectivity index (χ2n) is 4.65. The summed E-state index contributed by atoms with van der Waals surface area (Å²) < 4.78 is 5.15. The molecule has 2 aromatic carbocycles. The van der Waals surface area contributed by atoms with Crippen LogP contribution in [0.2, 0.25) is 0 Å². The van der Waals surface area contributed by atoms with Crippen molar-refractivity contribution in [2.45, 2.75) is 12.0 Å². The Labute approximate surface area is 112 Å². The molecule has 1 amide bonds. The zero-order valence-corrected chi connectivity index (χ0v) is 10.5. The van der Waals surface area contributed by atoms with E-state index in [2.05, 4.69) is 17.4 Å². The quantitative estimate of drug-likeness (QED) is 0.892. The number of ether oxygens (including phenoxy) is 1. The van der Waals surface area contributed by atoms with Gasteiger partial charge in [0.15, 0.2) is 0 Å². The largest absolute Gasteiger partial charge is 0.449 e. The van der Waals surface area contributed by atoms with Crippen LogP contribution in [0.5, 0.6) is 0 Å². The SMILES string of the molecule is O=C1N[C@@H](c2ccccc2)[C@H](c2ccccc2)CO1. The molecule has 1 N–H and O–H groups in total. The Morgan fingerprint density at radius 1 is 0.895 bits per heavy atom. The van der Waals surface area contributed by atoms with Gasteiger partial charge >= 0.3 is 6.09 Å². The molecule has 1 heterocycles. The summed E-state index contributed by atoms with van der Waals surface area (Å²) in [7, 11) is 0. The zero-order chi connectivity index (χ0) is 13.1. The van der Waals surface area contributed by atoms with E-state index in [1.54, 1.807) is 0 Å². The molecule has 96 valence electrons. The third kappa shape index (κ3) is 2.45. The first-order chi connectivity index (χ1) is 9.34. The van der Waals surface area contributed by atoms with Crippen LogP contribution in [0.1, 0.15) is 23.1 Å². The van der Waals surface area contributed by atoms with Crippen LogP contribution >= 0.6 is 0 Å². The molecule has 1 fully saturated rings. The molecule has 1 saturated heterocycles. The average molecular weight is 253 g/mol. The van der Waals surface area contributed by atoms with Gasteiger partial charge in [0.25, 0.3) is 0 Å². The first-order valence-corrected chi connectivity index (χ1v) is 6.38. The molecule has 0 bridgehead atoms. The molecule has 0 aromatic heterocycles. The number of carbonyl (C=O) groups excluding carboxylic acids is 1. The summed E-state index contributed by atoms with van der Waals surface area (Å²) >= 11 is 0. The summed E-state index contributed by atoms with van der Waals surface area (Å²) in [5.41, 5.74) is 2.28. The molecule has 2 atom stereocenters. The highest BCUT2D eigenvalue weighted by molar-refractivity contribution is 5.69. The Hall–Kier alpha value is -2.29. The average Bonchev–Trinajstić information content (AvgIpc) is 2.49. The molecule has 0 saturated carbocycles. The Balaban J connectivity index is 1.95. The molecular formula is C16H15NO2. The van der Waals surface area contributed by atoms with Crippen molar-refractivity contribution in [1.29, 1.82) is 0 Å². The second kappa shape index (κ2) is 5.14. The van der Waals surface area contributed by atoms with Crippen LogP contribution in [0, 0.1) is 0 Å². The molecule has 3 rings (SSSR count). The molecule has 3 nitrogen and oxygen atoms in total. The van der Waals surface area contributed by atoms with Gasteiger partial charge in [0.2, 0.25) is 0 Å². The van der Waals surface area contributed by atoms with Crippen molar-refractivity contribution in [1.82, 2.24) is 5.32 Å². The molecular weight excluding hydrogens is 238 g/mol. The van der Waals surface area contributed by atoms with Crippen LogP contribution in [-0.2, 0) is 4.74 Å². The van der Waals surface area contributed by atoms with Crippen LogP contribution < -0.4 is 5.32 Å². The normalized spacial score (nSPS) is 22.4. The van der Waals surface area contributed by atoms with Gasteiger partial charge in [-0.25, -0.2) is 4.79 Å². The van der Waals surface area contributed by atoms with Crippen LogP contribution in [-0.4, -0.2) is 12.7 Å². The summed E-state index contributed by atoms with van der Waals surface area (Å²) in [6, 6.07) is 20.1. The Morgan fingerprint density at radius 2 is 1.47 bits per heavy atom. The van der Waals surface area contributed by atoms with Gasteiger partial charge in [-0.3, -0.25) is 0 Å². The van der Waals surface area contributed by atoms with Crippen LogP contribution in [0.4, 0.5) is 4.79 Å². The third-order valence-electron chi connectivity index (χ3n) is 3.46. The highest BCUT2D eigenvalue weighted by Crippen LogP contribution is 2.33. The van der Waals surface area contributed by atoms with Crippen molar-refractivity contribution >= 4 is 6.09 Å². The number of rotatable bonds is 2. The van der Waals surface area contributed by atoms with E-state index in [9.17, 15) is 4.79 Å². The number of hydrogen-bond donors (Lipinski definition) is 1. The van der Waals surface area contributed by atoms with Crippen molar-refractivity contribution in [3.8, 4) is 0 Å². The molecule has 1 aliphatic heterocycles. The van der Waals surface area contributed by atoms with Gasteiger partial charge in [-0.1, -0.05) is 60.7 Å². The fourth-order valence-corrected chi connectivity index (χ4v) is 2.50. The lowest BCUT2D eigenvalue weighted by atomic mass is 9.87. The van der Waals surface area contributed by atoms with Gasteiger partial charge in [0.05, 0.1) is 6.04 Å². The molecule has 0 radical (unpaired) electrons. The molecule has 3 heteroatoms. The first-order valence-electron chi connectivity index (χ1n) is 6.38. The molecule has 0 spiro atoms. The molecule has 2 aromatic rings. The lowest BCUT2D eigenvalue weighted by Crippen LogP contribution is -2.40. The number of benzene rings is 2. The monoisotopic (exact) mass is 253 g/mol. The van der Waals surface area contributed by atoms with E-state index < -0.39 is 0 Å². The minimum Gasteiger partial charge on any atom is -0.449 e. The highest BCUT2D eigenvalue weighted by Gasteiger charge is 2.31. The summed E-state index contributed by atoms with van der Waals surface area (Å²) in [4.78, 5) is 11.5. The van der Waals surface area contributed by atoms with Gasteiger partial charge in [-0.2, -0.15) is 0 Å². The van der Waals surface area contributed by atoms with Crippen LogP contribution in [0.3, 0.4) is 0 Å². The number of hydrogen-bond acceptors (Lipinski definition) is 2. The van der Waals surface area contributed by atoms with Crippen molar-refractivity contribution in [3.63, 3.8) is 0 Å². The van der Waals surface area contributed by atoms with E-state index in [0.717, 1.165) is 5.56 Å². The molecule has 0 unspecified atom stereocenters. The zero-order valence-electron chi connectivity index (χ0n) is 10.5. The van der Waals surface area contributed by atoms with E-state index in [4.69, 9.17) is 4.74 Å². The lowest BCUT2D eigenvalue weighted by molar-refractivity contribution is 0.103. The van der Waals surface area contributed by atoms with Gasteiger partial charge in [-0.05, 0) is 11.1 Å².